The number of hydrogen-bond acceptors (Lipinski definition) is 5. The van der Waals surface area contributed by atoms with E-state index in [0.29, 0.717) is 23.0 Å². The van der Waals surface area contributed by atoms with Crippen molar-refractivity contribution in [3.8, 4) is 10.8 Å². The summed E-state index contributed by atoms with van der Waals surface area (Å²) < 4.78 is 7.04. The summed E-state index contributed by atoms with van der Waals surface area (Å²) in [4.78, 5) is 11.8. The topological polar surface area (TPSA) is 69.0 Å². The smallest absolute Gasteiger partial charge is 0.258 e. The number of aromatic nitrogens is 3. The van der Waals surface area contributed by atoms with Crippen LogP contribution < -0.4 is 10.1 Å². The van der Waals surface area contributed by atoms with E-state index in [1.807, 2.05) is 17.5 Å². The van der Waals surface area contributed by atoms with Gasteiger partial charge in [-0.3, -0.25) is 4.79 Å². The SMILES string of the molecule is O=C(COc1ccc(Cl)cc1)NCc1cn(-c2cccs2)nn1. The first-order valence-corrected chi connectivity index (χ1v) is 8.06. The largest absolute Gasteiger partial charge is 0.484 e. The highest BCUT2D eigenvalue weighted by atomic mass is 35.5. The van der Waals surface area contributed by atoms with Gasteiger partial charge in [-0.05, 0) is 41.8 Å². The number of carbonyl (C=O) groups is 1. The summed E-state index contributed by atoms with van der Waals surface area (Å²) >= 11 is 7.35. The van der Waals surface area contributed by atoms with Crippen LogP contribution in [0.5, 0.6) is 5.75 Å². The van der Waals surface area contributed by atoms with E-state index in [1.54, 1.807) is 46.5 Å². The van der Waals surface area contributed by atoms with Gasteiger partial charge in [0.2, 0.25) is 0 Å². The summed E-state index contributed by atoms with van der Waals surface area (Å²) in [6, 6.07) is 10.7. The lowest BCUT2D eigenvalue weighted by Crippen LogP contribution is -2.28. The van der Waals surface area contributed by atoms with E-state index in [9.17, 15) is 4.79 Å². The third-order valence-electron chi connectivity index (χ3n) is 2.92. The van der Waals surface area contributed by atoms with Crippen LogP contribution in [-0.4, -0.2) is 27.5 Å². The monoisotopic (exact) mass is 348 g/mol. The molecule has 2 aromatic heterocycles. The molecular weight excluding hydrogens is 336 g/mol. The second kappa shape index (κ2) is 7.26. The Morgan fingerprint density at radius 3 is 2.87 bits per heavy atom. The maximum Gasteiger partial charge on any atom is 0.258 e. The van der Waals surface area contributed by atoms with Crippen LogP contribution in [0.15, 0.2) is 48.0 Å². The molecular formula is C15H13ClN4O2S. The molecule has 23 heavy (non-hydrogen) atoms. The number of hydrogen-bond donors (Lipinski definition) is 1. The van der Waals surface area contributed by atoms with Crippen LogP contribution in [0.3, 0.4) is 0 Å². The number of carbonyl (C=O) groups excluding carboxylic acids is 1. The molecule has 0 fully saturated rings. The molecule has 0 aliphatic carbocycles. The van der Waals surface area contributed by atoms with Gasteiger partial charge in [-0.25, -0.2) is 4.68 Å². The molecule has 1 N–H and O–H groups in total. The molecule has 6 nitrogen and oxygen atoms in total. The van der Waals surface area contributed by atoms with Gasteiger partial charge in [0.15, 0.2) is 6.61 Å². The number of rotatable bonds is 6. The Labute approximate surface area is 141 Å². The van der Waals surface area contributed by atoms with Crippen molar-refractivity contribution in [1.82, 2.24) is 20.3 Å². The van der Waals surface area contributed by atoms with E-state index < -0.39 is 0 Å². The Morgan fingerprint density at radius 2 is 2.13 bits per heavy atom. The quantitative estimate of drug-likeness (QED) is 0.743. The van der Waals surface area contributed by atoms with Crippen LogP contribution >= 0.6 is 22.9 Å². The molecule has 3 aromatic rings. The van der Waals surface area contributed by atoms with Gasteiger partial charge in [0.25, 0.3) is 5.91 Å². The van der Waals surface area contributed by atoms with E-state index in [4.69, 9.17) is 16.3 Å². The summed E-state index contributed by atoms with van der Waals surface area (Å²) in [5.41, 5.74) is 0.679. The van der Waals surface area contributed by atoms with Gasteiger partial charge in [-0.2, -0.15) is 0 Å². The molecule has 1 aromatic carbocycles. The first-order valence-electron chi connectivity index (χ1n) is 6.81. The van der Waals surface area contributed by atoms with Crippen LogP contribution in [0.1, 0.15) is 5.69 Å². The zero-order valence-corrected chi connectivity index (χ0v) is 13.5. The van der Waals surface area contributed by atoms with Gasteiger partial charge in [-0.15, -0.1) is 16.4 Å². The van der Waals surface area contributed by atoms with E-state index in [2.05, 4.69) is 15.6 Å². The number of nitrogens with one attached hydrogen (secondary N) is 1. The summed E-state index contributed by atoms with van der Waals surface area (Å²) in [6.45, 7) is 0.231. The minimum absolute atomic E-state index is 0.0688. The summed E-state index contributed by atoms with van der Waals surface area (Å²) in [6.07, 6.45) is 1.78. The lowest BCUT2D eigenvalue weighted by atomic mass is 10.3. The van der Waals surface area contributed by atoms with E-state index in [-0.39, 0.29) is 12.5 Å². The molecule has 1 amide bonds. The van der Waals surface area contributed by atoms with Crippen molar-refractivity contribution in [3.63, 3.8) is 0 Å². The lowest BCUT2D eigenvalue weighted by Gasteiger charge is -2.06. The number of halogens is 1. The van der Waals surface area contributed by atoms with Crippen LogP contribution in [0.25, 0.3) is 5.00 Å². The number of ether oxygens (including phenoxy) is 1. The van der Waals surface area contributed by atoms with Gasteiger partial charge < -0.3 is 10.1 Å². The van der Waals surface area contributed by atoms with Crippen LogP contribution in [0.4, 0.5) is 0 Å². The first kappa shape index (κ1) is 15.5. The maximum absolute atomic E-state index is 11.8. The first-order chi connectivity index (χ1) is 11.2. The summed E-state index contributed by atoms with van der Waals surface area (Å²) in [5.74, 6) is 0.360. The molecule has 0 aliphatic heterocycles. The van der Waals surface area contributed by atoms with Crippen molar-refractivity contribution in [1.29, 1.82) is 0 Å². The standard InChI is InChI=1S/C15H13ClN4O2S/c16-11-3-5-13(6-4-11)22-10-14(21)17-8-12-9-20(19-18-12)15-2-1-7-23-15/h1-7,9H,8,10H2,(H,17,21). The highest BCUT2D eigenvalue weighted by Gasteiger charge is 2.07. The van der Waals surface area contributed by atoms with Crippen LogP contribution in [-0.2, 0) is 11.3 Å². The Kier molecular flexibility index (Phi) is 4.89. The third-order valence-corrected chi connectivity index (χ3v) is 4.03. The van der Waals surface area contributed by atoms with Crippen molar-refractivity contribution < 1.29 is 9.53 Å². The van der Waals surface area contributed by atoms with Crippen LogP contribution in [0.2, 0.25) is 5.02 Å². The van der Waals surface area contributed by atoms with E-state index in [1.165, 1.54) is 0 Å². The molecule has 118 valence electrons. The fraction of sp³-hybridized carbons (Fsp3) is 0.133. The number of amides is 1. The molecule has 2 heterocycles. The Bertz CT molecular complexity index is 771. The molecule has 0 radical (unpaired) electrons. The Morgan fingerprint density at radius 1 is 1.30 bits per heavy atom. The van der Waals surface area contributed by atoms with Gasteiger partial charge >= 0.3 is 0 Å². The Balaban J connectivity index is 1.46. The van der Waals surface area contributed by atoms with Crippen molar-refractivity contribution in [3.05, 3.63) is 58.7 Å². The molecule has 0 bridgehead atoms. The summed E-state index contributed by atoms with van der Waals surface area (Å²) in [7, 11) is 0. The predicted molar refractivity (Wildman–Crippen MR) is 88.0 cm³/mol. The molecule has 8 heteroatoms. The van der Waals surface area contributed by atoms with E-state index in [0.717, 1.165) is 5.00 Å². The minimum atomic E-state index is -0.231. The maximum atomic E-state index is 11.8. The number of nitrogens with zero attached hydrogens (tertiary/aromatic N) is 3. The normalized spacial score (nSPS) is 10.5. The van der Waals surface area contributed by atoms with Crippen LogP contribution in [0, 0.1) is 0 Å². The van der Waals surface area contributed by atoms with Crippen molar-refractivity contribution >= 4 is 28.8 Å². The molecule has 0 unspecified atom stereocenters. The third kappa shape index (κ3) is 4.30. The zero-order chi connectivity index (χ0) is 16.1. The van der Waals surface area contributed by atoms with Crippen molar-refractivity contribution in [2.24, 2.45) is 0 Å². The molecule has 0 aliphatic rings. The molecule has 0 saturated heterocycles. The molecule has 3 rings (SSSR count). The average Bonchev–Trinajstić information content (AvgIpc) is 3.23. The highest BCUT2D eigenvalue weighted by molar-refractivity contribution is 7.12. The number of benzene rings is 1. The Hall–Kier alpha value is -2.38. The van der Waals surface area contributed by atoms with Gasteiger partial charge in [0.1, 0.15) is 16.4 Å². The van der Waals surface area contributed by atoms with E-state index >= 15 is 0 Å². The predicted octanol–water partition coefficient (Wildman–Crippen LogP) is 2.68. The fourth-order valence-electron chi connectivity index (χ4n) is 1.81. The molecule has 0 spiro atoms. The van der Waals surface area contributed by atoms with Crippen molar-refractivity contribution in [2.45, 2.75) is 6.54 Å². The second-order valence-electron chi connectivity index (χ2n) is 4.63. The number of thiophene rings is 1. The van der Waals surface area contributed by atoms with Gasteiger partial charge in [-0.1, -0.05) is 16.8 Å². The van der Waals surface area contributed by atoms with Gasteiger partial charge in [0.05, 0.1) is 12.7 Å². The second-order valence-corrected chi connectivity index (χ2v) is 5.99. The fourth-order valence-corrected chi connectivity index (χ4v) is 2.58. The highest BCUT2D eigenvalue weighted by Crippen LogP contribution is 2.15. The molecule has 0 saturated carbocycles. The summed E-state index contributed by atoms with van der Waals surface area (Å²) in [5, 5.41) is 14.3. The molecule has 0 atom stereocenters. The minimum Gasteiger partial charge on any atom is -0.484 e. The van der Waals surface area contributed by atoms with Crippen molar-refractivity contribution in [2.75, 3.05) is 6.61 Å². The average molecular weight is 349 g/mol. The lowest BCUT2D eigenvalue weighted by molar-refractivity contribution is -0.123. The zero-order valence-electron chi connectivity index (χ0n) is 12.0. The van der Waals surface area contributed by atoms with Gasteiger partial charge in [0, 0.05) is 5.02 Å².